The van der Waals surface area contributed by atoms with Crippen molar-refractivity contribution >= 4 is 28.4 Å². The van der Waals surface area contributed by atoms with Crippen molar-refractivity contribution in [3.8, 4) is 0 Å². The van der Waals surface area contributed by atoms with Crippen LogP contribution < -0.4 is 0 Å². The van der Waals surface area contributed by atoms with Crippen molar-refractivity contribution < 1.29 is 9.90 Å². The van der Waals surface area contributed by atoms with Crippen LogP contribution in [0, 0.1) is 40.4 Å². The van der Waals surface area contributed by atoms with Crippen LogP contribution in [0.25, 0.3) is 0 Å². The van der Waals surface area contributed by atoms with E-state index in [2.05, 4.69) is 49.4 Å². The summed E-state index contributed by atoms with van der Waals surface area (Å²) in [5.74, 6) is 3.18. The van der Waals surface area contributed by atoms with Gasteiger partial charge in [-0.15, -0.1) is 0 Å². The maximum atomic E-state index is 11.9. The van der Waals surface area contributed by atoms with Crippen LogP contribution in [0.15, 0.2) is 23.8 Å². The first kappa shape index (κ1) is 18.2. The number of hydrogen-bond acceptors (Lipinski definition) is 2. The number of alkyl halides is 1. The highest BCUT2D eigenvalue weighted by Gasteiger charge is 2.61. The van der Waals surface area contributed by atoms with Crippen molar-refractivity contribution in [2.45, 2.75) is 59.0 Å². The first-order chi connectivity index (χ1) is 11.8. The number of carbonyl (C=O) groups is 1. The van der Waals surface area contributed by atoms with E-state index in [0.717, 1.165) is 11.8 Å². The summed E-state index contributed by atoms with van der Waals surface area (Å²) >= 11 is 2.55. The fraction of sp³-hybridized carbons (Fsp3) is 0.773. The van der Waals surface area contributed by atoms with Crippen molar-refractivity contribution in [3.05, 3.63) is 23.8 Å². The highest BCUT2D eigenvalue weighted by atomic mass is 127. The molecule has 3 heteroatoms. The molecule has 3 fully saturated rings. The molecule has 3 saturated carbocycles. The van der Waals surface area contributed by atoms with Gasteiger partial charge in [0.25, 0.3) is 0 Å². The van der Waals surface area contributed by atoms with Crippen LogP contribution in [0.4, 0.5) is 0 Å². The van der Waals surface area contributed by atoms with Gasteiger partial charge in [-0.25, -0.2) is 0 Å². The Morgan fingerprint density at radius 3 is 2.76 bits per heavy atom. The third-order valence-corrected chi connectivity index (χ3v) is 9.97. The molecule has 0 aliphatic heterocycles. The number of aliphatic hydroxyl groups is 1. The Balaban J connectivity index is 1.69. The first-order valence-corrected chi connectivity index (χ1v) is 11.5. The van der Waals surface area contributed by atoms with Gasteiger partial charge in [0.15, 0.2) is 5.78 Å². The fourth-order valence-electron chi connectivity index (χ4n) is 7.25. The molecule has 0 aromatic rings. The van der Waals surface area contributed by atoms with E-state index in [1.54, 1.807) is 6.08 Å². The Kier molecular flexibility index (Phi) is 4.51. The van der Waals surface area contributed by atoms with E-state index in [4.69, 9.17) is 0 Å². The van der Waals surface area contributed by atoms with Gasteiger partial charge in [-0.2, -0.15) is 0 Å². The Morgan fingerprint density at radius 1 is 1.28 bits per heavy atom. The van der Waals surface area contributed by atoms with Gasteiger partial charge >= 0.3 is 0 Å². The molecular weight excluding hydrogens is 423 g/mol. The first-order valence-electron chi connectivity index (χ1n) is 9.99. The van der Waals surface area contributed by atoms with E-state index in [9.17, 15) is 9.90 Å². The third-order valence-electron chi connectivity index (χ3n) is 8.58. The predicted octanol–water partition coefficient (Wildman–Crippen LogP) is 4.95. The standard InChI is InChI=1S/C22H31IO2/c1-13(12-23)16-4-5-17-20-18(7-9-22(16,17)3)21(2)8-6-15(24)10-14(21)11-19(20)25/h6,8,10,13,16-20,25H,4-5,7,9,11-12H2,1-3H3/t13-,16-,17+,18+,19-,20+,21+,22-/m1/s1. The van der Waals surface area contributed by atoms with Gasteiger partial charge < -0.3 is 5.11 Å². The summed E-state index contributed by atoms with van der Waals surface area (Å²) in [4.78, 5) is 11.9. The Labute approximate surface area is 165 Å². The second-order valence-electron chi connectivity index (χ2n) is 9.61. The number of hydrogen-bond donors (Lipinski definition) is 1. The normalized spacial score (nSPS) is 49.9. The fourth-order valence-corrected chi connectivity index (χ4v) is 7.87. The number of carbonyl (C=O) groups excluding carboxylic acids is 1. The summed E-state index contributed by atoms with van der Waals surface area (Å²) in [6, 6.07) is 0. The molecule has 0 radical (unpaired) electrons. The second kappa shape index (κ2) is 6.19. The lowest BCUT2D eigenvalue weighted by atomic mass is 9.46. The van der Waals surface area contributed by atoms with Crippen molar-refractivity contribution in [2.75, 3.05) is 4.43 Å². The number of allylic oxidation sites excluding steroid dienone is 3. The Bertz CT molecular complexity index is 638. The Hall–Kier alpha value is -0.160. The molecule has 0 unspecified atom stereocenters. The number of rotatable bonds is 2. The molecule has 2 nitrogen and oxygen atoms in total. The minimum atomic E-state index is -0.276. The highest BCUT2D eigenvalue weighted by molar-refractivity contribution is 14.1. The smallest absolute Gasteiger partial charge is 0.178 e. The van der Waals surface area contributed by atoms with Crippen molar-refractivity contribution in [2.24, 2.45) is 40.4 Å². The zero-order chi connectivity index (χ0) is 18.0. The van der Waals surface area contributed by atoms with E-state index in [1.807, 2.05) is 6.08 Å². The largest absolute Gasteiger partial charge is 0.392 e. The van der Waals surface area contributed by atoms with Crippen LogP contribution in [-0.4, -0.2) is 21.4 Å². The van der Waals surface area contributed by atoms with E-state index < -0.39 is 0 Å². The SMILES string of the molecule is C[C@H](CI)[C@H]1CC[C@H]2[C@@H]3[C@H](O)CC4=CC(=O)C=C[C@]4(C)[C@H]3CC[C@]12C. The lowest BCUT2D eigenvalue weighted by molar-refractivity contribution is -0.112. The quantitative estimate of drug-likeness (QED) is 0.474. The van der Waals surface area contributed by atoms with Gasteiger partial charge in [0.05, 0.1) is 6.10 Å². The molecule has 4 aliphatic carbocycles. The Morgan fingerprint density at radius 2 is 2.04 bits per heavy atom. The van der Waals surface area contributed by atoms with Crippen LogP contribution in [0.2, 0.25) is 0 Å². The maximum Gasteiger partial charge on any atom is 0.178 e. The van der Waals surface area contributed by atoms with Crippen molar-refractivity contribution in [1.82, 2.24) is 0 Å². The second-order valence-corrected chi connectivity index (χ2v) is 10.5. The zero-order valence-corrected chi connectivity index (χ0v) is 17.8. The monoisotopic (exact) mass is 454 g/mol. The van der Waals surface area contributed by atoms with Gasteiger partial charge in [-0.1, -0.05) is 55.0 Å². The molecule has 0 amide bonds. The maximum absolute atomic E-state index is 11.9. The molecule has 4 rings (SSSR count). The minimum Gasteiger partial charge on any atom is -0.392 e. The molecular formula is C22H31IO2. The van der Waals surface area contributed by atoms with Gasteiger partial charge in [-0.05, 0) is 79.3 Å². The summed E-state index contributed by atoms with van der Waals surface area (Å²) in [6.45, 7) is 7.26. The zero-order valence-electron chi connectivity index (χ0n) is 15.7. The molecule has 0 spiro atoms. The molecule has 138 valence electrons. The van der Waals surface area contributed by atoms with E-state index in [0.29, 0.717) is 29.6 Å². The van der Waals surface area contributed by atoms with Crippen LogP contribution in [0.5, 0.6) is 0 Å². The van der Waals surface area contributed by atoms with E-state index in [-0.39, 0.29) is 17.3 Å². The molecule has 1 N–H and O–H groups in total. The van der Waals surface area contributed by atoms with E-state index >= 15 is 0 Å². The number of fused-ring (bicyclic) bond motifs is 5. The van der Waals surface area contributed by atoms with Gasteiger partial charge in [0, 0.05) is 9.84 Å². The van der Waals surface area contributed by atoms with Crippen molar-refractivity contribution in [3.63, 3.8) is 0 Å². The van der Waals surface area contributed by atoms with Gasteiger partial charge in [-0.3, -0.25) is 4.79 Å². The van der Waals surface area contributed by atoms with Gasteiger partial charge in [0.2, 0.25) is 0 Å². The highest BCUT2D eigenvalue weighted by Crippen LogP contribution is 2.66. The lowest BCUT2D eigenvalue weighted by Gasteiger charge is -2.58. The molecule has 8 atom stereocenters. The summed E-state index contributed by atoms with van der Waals surface area (Å²) in [5, 5.41) is 11.1. The van der Waals surface area contributed by atoms with E-state index in [1.165, 1.54) is 35.7 Å². The van der Waals surface area contributed by atoms with Crippen molar-refractivity contribution in [1.29, 1.82) is 0 Å². The summed E-state index contributed by atoms with van der Waals surface area (Å²) in [6.07, 6.45) is 11.2. The lowest BCUT2D eigenvalue weighted by Crippen LogP contribution is -2.55. The predicted molar refractivity (Wildman–Crippen MR) is 110 cm³/mol. The third kappa shape index (κ3) is 2.55. The van der Waals surface area contributed by atoms with Gasteiger partial charge in [0.1, 0.15) is 0 Å². The molecule has 4 aliphatic rings. The molecule has 0 aromatic carbocycles. The average Bonchev–Trinajstić information content (AvgIpc) is 2.93. The average molecular weight is 454 g/mol. The van der Waals surface area contributed by atoms with Crippen LogP contribution >= 0.6 is 22.6 Å². The molecule has 0 saturated heterocycles. The van der Waals surface area contributed by atoms with Crippen LogP contribution in [0.3, 0.4) is 0 Å². The molecule has 0 aromatic heterocycles. The molecule has 25 heavy (non-hydrogen) atoms. The number of ketones is 1. The number of halogens is 1. The summed E-state index contributed by atoms with van der Waals surface area (Å²) in [7, 11) is 0. The summed E-state index contributed by atoms with van der Waals surface area (Å²) in [5.41, 5.74) is 1.54. The van der Waals surface area contributed by atoms with Crippen LogP contribution in [-0.2, 0) is 4.79 Å². The molecule has 0 bridgehead atoms. The number of aliphatic hydroxyl groups excluding tert-OH is 1. The summed E-state index contributed by atoms with van der Waals surface area (Å²) < 4.78 is 1.23. The van der Waals surface area contributed by atoms with Crippen LogP contribution in [0.1, 0.15) is 52.9 Å². The minimum absolute atomic E-state index is 0.0217. The molecule has 0 heterocycles. The topological polar surface area (TPSA) is 37.3 Å².